The molecule has 0 bridgehead atoms. The second-order valence-electron chi connectivity index (χ2n) is 6.49. The zero-order chi connectivity index (χ0) is 19.7. The third-order valence-corrected chi connectivity index (χ3v) is 6.09. The fourth-order valence-electron chi connectivity index (χ4n) is 3.24. The minimum Gasteiger partial charge on any atom is -0.497 e. The van der Waals surface area contributed by atoms with E-state index in [-0.39, 0.29) is 5.91 Å². The van der Waals surface area contributed by atoms with E-state index < -0.39 is 0 Å². The Bertz CT molecular complexity index is 993. The molecule has 0 N–H and O–H groups in total. The molecule has 2 aromatic carbocycles. The Balaban J connectivity index is 1.46. The molecular formula is C20H20ClN3O3S. The van der Waals surface area contributed by atoms with Gasteiger partial charge >= 0.3 is 0 Å². The van der Waals surface area contributed by atoms with Gasteiger partial charge in [-0.2, -0.15) is 0 Å². The van der Waals surface area contributed by atoms with Crippen LogP contribution >= 0.6 is 22.9 Å². The van der Waals surface area contributed by atoms with Crippen molar-refractivity contribution in [1.29, 1.82) is 0 Å². The van der Waals surface area contributed by atoms with Crippen molar-refractivity contribution in [2.75, 3.05) is 45.3 Å². The molecule has 1 aliphatic heterocycles. The van der Waals surface area contributed by atoms with Crippen molar-refractivity contribution in [3.8, 4) is 11.5 Å². The quantitative estimate of drug-likeness (QED) is 0.643. The molecule has 1 fully saturated rings. The predicted molar refractivity (Wildman–Crippen MR) is 112 cm³/mol. The van der Waals surface area contributed by atoms with Crippen LogP contribution in [-0.4, -0.2) is 56.2 Å². The van der Waals surface area contributed by atoms with E-state index in [1.165, 1.54) is 0 Å². The number of fused-ring (bicyclic) bond motifs is 1. The number of nitrogens with zero attached hydrogens (tertiary/aromatic N) is 3. The maximum atomic E-state index is 12.9. The Morgan fingerprint density at radius 3 is 2.36 bits per heavy atom. The largest absolute Gasteiger partial charge is 0.497 e. The summed E-state index contributed by atoms with van der Waals surface area (Å²) in [5.74, 6) is 1.19. The van der Waals surface area contributed by atoms with E-state index >= 15 is 0 Å². The van der Waals surface area contributed by atoms with Gasteiger partial charge in [-0.1, -0.05) is 22.9 Å². The molecule has 1 aliphatic rings. The molecule has 0 atom stereocenters. The molecule has 146 valence electrons. The summed E-state index contributed by atoms with van der Waals surface area (Å²) in [6, 6.07) is 11.0. The van der Waals surface area contributed by atoms with Crippen LogP contribution in [0.1, 0.15) is 10.4 Å². The van der Waals surface area contributed by atoms with Gasteiger partial charge in [-0.15, -0.1) is 0 Å². The first-order chi connectivity index (χ1) is 13.6. The SMILES string of the molecule is COc1cc(OC)cc(C(=O)N2CCN(c3nc4ccc(Cl)cc4s3)CC2)c1. The number of hydrogen-bond acceptors (Lipinski definition) is 6. The third kappa shape index (κ3) is 3.72. The minimum atomic E-state index is -0.0204. The summed E-state index contributed by atoms with van der Waals surface area (Å²) < 4.78 is 11.6. The highest BCUT2D eigenvalue weighted by atomic mass is 35.5. The molecule has 1 aromatic heterocycles. The highest BCUT2D eigenvalue weighted by Crippen LogP contribution is 2.31. The average molecular weight is 418 g/mol. The number of rotatable bonds is 4. The van der Waals surface area contributed by atoms with Crippen molar-refractivity contribution in [3.63, 3.8) is 0 Å². The van der Waals surface area contributed by atoms with Crippen molar-refractivity contribution in [2.24, 2.45) is 0 Å². The number of anilines is 1. The van der Waals surface area contributed by atoms with Gasteiger partial charge in [-0.05, 0) is 30.3 Å². The van der Waals surface area contributed by atoms with E-state index in [9.17, 15) is 4.79 Å². The van der Waals surface area contributed by atoms with Crippen LogP contribution in [0, 0.1) is 0 Å². The molecule has 0 unspecified atom stereocenters. The summed E-state index contributed by atoms with van der Waals surface area (Å²) >= 11 is 7.70. The van der Waals surface area contributed by atoms with Crippen LogP contribution in [0.3, 0.4) is 0 Å². The van der Waals surface area contributed by atoms with Crippen LogP contribution in [0.4, 0.5) is 5.13 Å². The summed E-state index contributed by atoms with van der Waals surface area (Å²) in [4.78, 5) is 21.7. The van der Waals surface area contributed by atoms with Crippen molar-refractivity contribution in [1.82, 2.24) is 9.88 Å². The molecule has 0 saturated carbocycles. The number of methoxy groups -OCH3 is 2. The van der Waals surface area contributed by atoms with Crippen molar-refractivity contribution in [2.45, 2.75) is 0 Å². The van der Waals surface area contributed by atoms with E-state index in [1.807, 2.05) is 23.1 Å². The molecule has 2 heterocycles. The van der Waals surface area contributed by atoms with Crippen LogP contribution in [0.15, 0.2) is 36.4 Å². The standard InChI is InChI=1S/C20H20ClN3O3S/c1-26-15-9-13(10-16(12-15)27-2)19(25)23-5-7-24(8-6-23)20-22-17-4-3-14(21)11-18(17)28-20/h3-4,9-12H,5-8H2,1-2H3. The van der Waals surface area contributed by atoms with Crippen LogP contribution in [0.5, 0.6) is 11.5 Å². The lowest BCUT2D eigenvalue weighted by Crippen LogP contribution is -2.48. The molecule has 1 saturated heterocycles. The highest BCUT2D eigenvalue weighted by molar-refractivity contribution is 7.22. The van der Waals surface area contributed by atoms with Gasteiger partial charge in [0.05, 0.1) is 24.4 Å². The first-order valence-corrected chi connectivity index (χ1v) is 10.1. The van der Waals surface area contributed by atoms with Crippen molar-refractivity contribution >= 4 is 44.2 Å². The normalized spacial score (nSPS) is 14.4. The van der Waals surface area contributed by atoms with Crippen LogP contribution in [0.25, 0.3) is 10.2 Å². The topological polar surface area (TPSA) is 54.9 Å². The maximum absolute atomic E-state index is 12.9. The second-order valence-corrected chi connectivity index (χ2v) is 7.93. The Morgan fingerprint density at radius 2 is 1.71 bits per heavy atom. The van der Waals surface area contributed by atoms with Crippen LogP contribution in [0.2, 0.25) is 5.02 Å². The van der Waals surface area contributed by atoms with Gasteiger partial charge in [0, 0.05) is 42.8 Å². The van der Waals surface area contributed by atoms with Crippen molar-refractivity contribution in [3.05, 3.63) is 47.0 Å². The number of benzene rings is 2. The number of halogens is 1. The summed E-state index contributed by atoms with van der Waals surface area (Å²) in [5.41, 5.74) is 1.52. The van der Waals surface area contributed by atoms with Gasteiger partial charge in [0.2, 0.25) is 0 Å². The number of ether oxygens (including phenoxy) is 2. The molecule has 1 amide bonds. The zero-order valence-corrected chi connectivity index (χ0v) is 17.2. The Labute approximate surface area is 172 Å². The Hall–Kier alpha value is -2.51. The highest BCUT2D eigenvalue weighted by Gasteiger charge is 2.24. The zero-order valence-electron chi connectivity index (χ0n) is 15.6. The molecule has 3 aromatic rings. The number of hydrogen-bond donors (Lipinski definition) is 0. The Kier molecular flexibility index (Phi) is 5.28. The molecule has 8 heteroatoms. The lowest BCUT2D eigenvalue weighted by Gasteiger charge is -2.34. The van der Waals surface area contributed by atoms with Crippen molar-refractivity contribution < 1.29 is 14.3 Å². The molecule has 0 radical (unpaired) electrons. The number of amides is 1. The van der Waals surface area contributed by atoms with Gasteiger partial charge in [0.15, 0.2) is 5.13 Å². The minimum absolute atomic E-state index is 0.0204. The number of thiazole rings is 1. The maximum Gasteiger partial charge on any atom is 0.254 e. The summed E-state index contributed by atoms with van der Waals surface area (Å²) in [5, 5.41) is 1.68. The molecule has 4 rings (SSSR count). The number of aromatic nitrogens is 1. The van der Waals surface area contributed by atoms with Gasteiger partial charge in [0.25, 0.3) is 5.91 Å². The summed E-state index contributed by atoms with van der Waals surface area (Å²) in [6.07, 6.45) is 0. The van der Waals surface area contributed by atoms with Crippen LogP contribution < -0.4 is 14.4 Å². The average Bonchev–Trinajstić information content (AvgIpc) is 3.16. The molecule has 0 aliphatic carbocycles. The van der Waals surface area contributed by atoms with E-state index in [2.05, 4.69) is 4.90 Å². The monoisotopic (exact) mass is 417 g/mol. The lowest BCUT2D eigenvalue weighted by molar-refractivity contribution is 0.0746. The summed E-state index contributed by atoms with van der Waals surface area (Å²) in [6.45, 7) is 2.74. The van der Waals surface area contributed by atoms with E-state index in [4.69, 9.17) is 26.1 Å². The summed E-state index contributed by atoms with van der Waals surface area (Å²) in [7, 11) is 3.15. The fourth-order valence-corrected chi connectivity index (χ4v) is 4.53. The van der Waals surface area contributed by atoms with Gasteiger partial charge < -0.3 is 19.3 Å². The van der Waals surface area contributed by atoms with Gasteiger partial charge in [-0.25, -0.2) is 4.98 Å². The third-order valence-electron chi connectivity index (χ3n) is 4.77. The molecular weight excluding hydrogens is 398 g/mol. The smallest absolute Gasteiger partial charge is 0.254 e. The molecule has 0 spiro atoms. The fraction of sp³-hybridized carbons (Fsp3) is 0.300. The molecule has 28 heavy (non-hydrogen) atoms. The van der Waals surface area contributed by atoms with E-state index in [0.717, 1.165) is 28.4 Å². The lowest BCUT2D eigenvalue weighted by atomic mass is 10.1. The first-order valence-electron chi connectivity index (χ1n) is 8.91. The van der Waals surface area contributed by atoms with Gasteiger partial charge in [0.1, 0.15) is 11.5 Å². The van der Waals surface area contributed by atoms with E-state index in [1.54, 1.807) is 43.8 Å². The first kappa shape index (κ1) is 18.8. The second kappa shape index (κ2) is 7.85. The Morgan fingerprint density at radius 1 is 1.04 bits per heavy atom. The van der Waals surface area contributed by atoms with Crippen LogP contribution in [-0.2, 0) is 0 Å². The number of piperazine rings is 1. The van der Waals surface area contributed by atoms with E-state index in [0.29, 0.717) is 35.2 Å². The predicted octanol–water partition coefficient (Wildman–Crippen LogP) is 3.93. The molecule has 6 nitrogen and oxygen atoms in total. The number of carbonyl (C=O) groups is 1. The van der Waals surface area contributed by atoms with Gasteiger partial charge in [-0.3, -0.25) is 4.79 Å². The number of carbonyl (C=O) groups excluding carboxylic acids is 1.